The van der Waals surface area contributed by atoms with Crippen LogP contribution in [0.15, 0.2) is 36.5 Å². The number of carbonyl (C=O) groups excluding carboxylic acids is 2. The van der Waals surface area contributed by atoms with Crippen molar-refractivity contribution in [2.45, 2.75) is 39.0 Å². The number of rotatable bonds is 3. The second-order valence-electron chi connectivity index (χ2n) is 7.84. The first kappa shape index (κ1) is 18.7. The number of hydrogen-bond donors (Lipinski definition) is 0. The minimum absolute atomic E-state index is 0.0172. The van der Waals surface area contributed by atoms with Gasteiger partial charge >= 0.3 is 0 Å². The Kier molecular flexibility index (Phi) is 5.46. The highest BCUT2D eigenvalue weighted by atomic mass is 16.2. The molecular weight excluding hydrogens is 352 g/mol. The van der Waals surface area contributed by atoms with E-state index in [1.54, 1.807) is 10.9 Å². The summed E-state index contributed by atoms with van der Waals surface area (Å²) >= 11 is 0. The molecule has 2 aromatic rings. The molecule has 6 nitrogen and oxygen atoms in total. The van der Waals surface area contributed by atoms with Gasteiger partial charge in [-0.25, -0.2) is 4.68 Å². The predicted octanol–water partition coefficient (Wildman–Crippen LogP) is 3.05. The van der Waals surface area contributed by atoms with E-state index in [1.807, 2.05) is 47.1 Å². The first-order valence-electron chi connectivity index (χ1n) is 10.3. The van der Waals surface area contributed by atoms with Gasteiger partial charge in [0.1, 0.15) is 0 Å². The Bertz CT molecular complexity index is 831. The lowest BCUT2D eigenvalue weighted by Crippen LogP contribution is -2.45. The lowest BCUT2D eigenvalue weighted by molar-refractivity contribution is -0.137. The van der Waals surface area contributed by atoms with Crippen LogP contribution in [-0.4, -0.2) is 57.6 Å². The molecule has 0 radical (unpaired) electrons. The van der Waals surface area contributed by atoms with Crippen molar-refractivity contribution < 1.29 is 9.59 Å². The maximum atomic E-state index is 13.0. The zero-order valence-corrected chi connectivity index (χ0v) is 16.5. The molecule has 1 aromatic heterocycles. The molecule has 0 spiro atoms. The Labute approximate surface area is 166 Å². The van der Waals surface area contributed by atoms with E-state index in [-0.39, 0.29) is 11.8 Å². The number of nitrogens with zero attached hydrogens (tertiary/aromatic N) is 4. The van der Waals surface area contributed by atoms with Gasteiger partial charge in [0.05, 0.1) is 23.1 Å². The lowest BCUT2D eigenvalue weighted by Gasteiger charge is -2.35. The van der Waals surface area contributed by atoms with Crippen LogP contribution in [0.3, 0.4) is 0 Å². The highest BCUT2D eigenvalue weighted by Crippen LogP contribution is 2.24. The summed E-state index contributed by atoms with van der Waals surface area (Å²) in [6.45, 7) is 5.00. The molecule has 1 aromatic carbocycles. The van der Waals surface area contributed by atoms with E-state index in [1.165, 1.54) is 6.42 Å². The maximum absolute atomic E-state index is 13.0. The van der Waals surface area contributed by atoms with Gasteiger partial charge in [0.15, 0.2) is 0 Å². The van der Waals surface area contributed by atoms with Crippen LogP contribution in [0.1, 0.15) is 48.2 Å². The second kappa shape index (κ2) is 8.17. The van der Waals surface area contributed by atoms with Gasteiger partial charge in [-0.05, 0) is 51.2 Å². The summed E-state index contributed by atoms with van der Waals surface area (Å²) in [5.74, 6) is 0.374. The quantitative estimate of drug-likeness (QED) is 0.822. The molecule has 0 saturated carbocycles. The molecule has 2 aliphatic heterocycles. The number of para-hydroxylation sites is 1. The fraction of sp³-hybridized carbons (Fsp3) is 0.500. The molecule has 4 rings (SSSR count). The zero-order chi connectivity index (χ0) is 19.5. The van der Waals surface area contributed by atoms with Gasteiger partial charge in [0.2, 0.25) is 5.91 Å². The minimum Gasteiger partial charge on any atom is -0.342 e. The highest BCUT2D eigenvalue weighted by Gasteiger charge is 2.31. The number of carbonyl (C=O) groups is 2. The Balaban J connectivity index is 1.39. The van der Waals surface area contributed by atoms with Crippen LogP contribution >= 0.6 is 0 Å². The number of aromatic nitrogens is 2. The Morgan fingerprint density at radius 2 is 1.61 bits per heavy atom. The fourth-order valence-corrected chi connectivity index (χ4v) is 4.32. The molecule has 3 heterocycles. The van der Waals surface area contributed by atoms with Crippen molar-refractivity contribution in [3.63, 3.8) is 0 Å². The van der Waals surface area contributed by atoms with Gasteiger partial charge in [-0.15, -0.1) is 0 Å². The third-order valence-electron chi connectivity index (χ3n) is 6.04. The van der Waals surface area contributed by atoms with Gasteiger partial charge in [0.25, 0.3) is 5.91 Å². The zero-order valence-electron chi connectivity index (χ0n) is 16.5. The van der Waals surface area contributed by atoms with E-state index < -0.39 is 0 Å². The molecule has 2 saturated heterocycles. The average Bonchev–Trinajstić information content (AvgIpc) is 3.15. The van der Waals surface area contributed by atoms with Crippen molar-refractivity contribution in [2.24, 2.45) is 5.92 Å². The normalized spacial score (nSPS) is 18.3. The molecule has 0 N–H and O–H groups in total. The number of benzene rings is 1. The Morgan fingerprint density at radius 3 is 2.29 bits per heavy atom. The van der Waals surface area contributed by atoms with Gasteiger partial charge < -0.3 is 9.80 Å². The van der Waals surface area contributed by atoms with E-state index in [0.717, 1.165) is 50.2 Å². The van der Waals surface area contributed by atoms with Gasteiger partial charge in [-0.1, -0.05) is 18.2 Å². The van der Waals surface area contributed by atoms with E-state index in [4.69, 9.17) is 0 Å². The third-order valence-corrected chi connectivity index (χ3v) is 6.04. The summed E-state index contributed by atoms with van der Waals surface area (Å²) in [5, 5.41) is 4.41. The minimum atomic E-state index is 0.0172. The standard InChI is InChI=1S/C22H28N4O2/c1-17-20(16-23-26(17)19-8-4-2-5-9-19)22(28)25-14-10-18(11-15-25)21(27)24-12-6-3-7-13-24/h2,4-5,8-9,16,18H,3,6-7,10-15H2,1H3. The van der Waals surface area contributed by atoms with Crippen LogP contribution in [-0.2, 0) is 4.79 Å². The first-order chi connectivity index (χ1) is 13.6. The van der Waals surface area contributed by atoms with E-state index in [9.17, 15) is 9.59 Å². The molecule has 6 heteroatoms. The maximum Gasteiger partial charge on any atom is 0.257 e. The smallest absolute Gasteiger partial charge is 0.257 e. The summed E-state index contributed by atoms with van der Waals surface area (Å²) < 4.78 is 1.81. The van der Waals surface area contributed by atoms with Crippen molar-refractivity contribution in [2.75, 3.05) is 26.2 Å². The van der Waals surface area contributed by atoms with Crippen molar-refractivity contribution in [3.8, 4) is 5.69 Å². The monoisotopic (exact) mass is 380 g/mol. The van der Waals surface area contributed by atoms with Crippen LogP contribution in [0.4, 0.5) is 0 Å². The second-order valence-corrected chi connectivity index (χ2v) is 7.84. The van der Waals surface area contributed by atoms with Gasteiger partial charge in [0, 0.05) is 32.1 Å². The summed E-state index contributed by atoms with van der Waals surface area (Å²) in [4.78, 5) is 29.6. The first-order valence-corrected chi connectivity index (χ1v) is 10.3. The molecule has 2 aliphatic rings. The lowest BCUT2D eigenvalue weighted by atomic mass is 9.94. The van der Waals surface area contributed by atoms with Crippen LogP contribution in [0, 0.1) is 12.8 Å². The van der Waals surface area contributed by atoms with E-state index in [0.29, 0.717) is 24.6 Å². The molecule has 2 fully saturated rings. The molecule has 0 atom stereocenters. The number of piperidine rings is 2. The van der Waals surface area contributed by atoms with E-state index in [2.05, 4.69) is 5.10 Å². The van der Waals surface area contributed by atoms with Crippen molar-refractivity contribution in [3.05, 3.63) is 47.8 Å². The summed E-state index contributed by atoms with van der Waals surface area (Å²) in [7, 11) is 0. The molecular formula is C22H28N4O2. The Hall–Kier alpha value is -2.63. The summed E-state index contributed by atoms with van der Waals surface area (Å²) in [5.41, 5.74) is 2.44. The topological polar surface area (TPSA) is 58.4 Å². The van der Waals surface area contributed by atoms with E-state index >= 15 is 0 Å². The molecule has 0 aliphatic carbocycles. The summed E-state index contributed by atoms with van der Waals surface area (Å²) in [6, 6.07) is 9.84. The number of likely N-dealkylation sites (tertiary alicyclic amines) is 2. The fourth-order valence-electron chi connectivity index (χ4n) is 4.32. The van der Waals surface area contributed by atoms with Crippen LogP contribution in [0.5, 0.6) is 0 Å². The van der Waals surface area contributed by atoms with Crippen LogP contribution in [0.25, 0.3) is 5.69 Å². The Morgan fingerprint density at radius 1 is 0.929 bits per heavy atom. The van der Waals surface area contributed by atoms with Gasteiger partial charge in [-0.2, -0.15) is 5.10 Å². The SMILES string of the molecule is Cc1c(C(=O)N2CCC(C(=O)N3CCCCC3)CC2)cnn1-c1ccccc1. The van der Waals surface area contributed by atoms with Crippen molar-refractivity contribution in [1.82, 2.24) is 19.6 Å². The van der Waals surface area contributed by atoms with Crippen LogP contribution < -0.4 is 0 Å². The number of hydrogen-bond acceptors (Lipinski definition) is 3. The van der Waals surface area contributed by atoms with Gasteiger partial charge in [-0.3, -0.25) is 9.59 Å². The molecule has 2 amide bonds. The molecule has 148 valence electrons. The van der Waals surface area contributed by atoms with Crippen molar-refractivity contribution >= 4 is 11.8 Å². The van der Waals surface area contributed by atoms with Crippen molar-refractivity contribution in [1.29, 1.82) is 0 Å². The summed E-state index contributed by atoms with van der Waals surface area (Å²) in [6.07, 6.45) is 6.64. The third kappa shape index (κ3) is 3.68. The largest absolute Gasteiger partial charge is 0.342 e. The average molecular weight is 380 g/mol. The molecule has 0 bridgehead atoms. The number of amides is 2. The molecule has 0 unspecified atom stereocenters. The predicted molar refractivity (Wildman–Crippen MR) is 107 cm³/mol. The van der Waals surface area contributed by atoms with Crippen LogP contribution in [0.2, 0.25) is 0 Å². The molecule has 28 heavy (non-hydrogen) atoms. The highest BCUT2D eigenvalue weighted by molar-refractivity contribution is 5.95.